The van der Waals surface area contributed by atoms with Gasteiger partial charge in [-0.05, 0) is 44.2 Å². The van der Waals surface area contributed by atoms with Crippen LogP contribution in [0.5, 0.6) is 5.75 Å². The highest BCUT2D eigenvalue weighted by molar-refractivity contribution is 5.33. The molecule has 1 aromatic heterocycles. The molecule has 0 bridgehead atoms. The van der Waals surface area contributed by atoms with Crippen molar-refractivity contribution in [1.29, 1.82) is 0 Å². The third kappa shape index (κ3) is 3.79. The van der Waals surface area contributed by atoms with Gasteiger partial charge in [0.1, 0.15) is 12.4 Å². The summed E-state index contributed by atoms with van der Waals surface area (Å²) in [4.78, 5) is 0. The minimum absolute atomic E-state index is 0.588. The van der Waals surface area contributed by atoms with Crippen molar-refractivity contribution in [2.45, 2.75) is 26.9 Å². The maximum atomic E-state index is 5.71. The lowest BCUT2D eigenvalue weighted by Crippen LogP contribution is -2.09. The molecule has 19 heavy (non-hydrogen) atoms. The summed E-state index contributed by atoms with van der Waals surface area (Å²) < 4.78 is 7.51. The highest BCUT2D eigenvalue weighted by Crippen LogP contribution is 2.16. The fourth-order valence-electron chi connectivity index (χ4n) is 1.77. The fraction of sp³-hybridized carbons (Fsp3) is 0.429. The second-order valence-electron chi connectivity index (χ2n) is 4.60. The summed E-state index contributed by atoms with van der Waals surface area (Å²) in [5.74, 6) is 0.902. The Balaban J connectivity index is 1.83. The number of nitrogens with one attached hydrogen (secondary N) is 1. The molecular weight excluding hydrogens is 240 g/mol. The molecule has 5 nitrogen and oxygen atoms in total. The number of hydrogen-bond donors (Lipinski definition) is 1. The molecular formula is C14H20N4O. The van der Waals surface area contributed by atoms with Crippen LogP contribution < -0.4 is 10.1 Å². The molecule has 2 aromatic rings. The lowest BCUT2D eigenvalue weighted by atomic mass is 10.1. The van der Waals surface area contributed by atoms with Crippen LogP contribution in [-0.2, 0) is 13.1 Å². The van der Waals surface area contributed by atoms with Gasteiger partial charge in [-0.1, -0.05) is 11.3 Å². The molecule has 0 saturated heterocycles. The van der Waals surface area contributed by atoms with Gasteiger partial charge in [-0.15, -0.1) is 5.10 Å². The standard InChI is InChI=1S/C14H20N4O/c1-11-4-5-14(8-12(11)2)19-7-6-18-10-13(9-15-3)16-17-18/h4-5,8,10,15H,6-7,9H2,1-3H3. The van der Waals surface area contributed by atoms with Crippen LogP contribution >= 0.6 is 0 Å². The van der Waals surface area contributed by atoms with E-state index >= 15 is 0 Å². The summed E-state index contributed by atoms with van der Waals surface area (Å²) in [6, 6.07) is 6.13. The van der Waals surface area contributed by atoms with Gasteiger partial charge >= 0.3 is 0 Å². The van der Waals surface area contributed by atoms with Crippen LogP contribution in [0.2, 0.25) is 0 Å². The van der Waals surface area contributed by atoms with Crippen molar-refractivity contribution in [3.05, 3.63) is 41.2 Å². The van der Waals surface area contributed by atoms with Crippen molar-refractivity contribution in [2.75, 3.05) is 13.7 Å². The molecule has 2 rings (SSSR count). The van der Waals surface area contributed by atoms with E-state index in [1.54, 1.807) is 4.68 Å². The maximum absolute atomic E-state index is 5.71. The fourth-order valence-corrected chi connectivity index (χ4v) is 1.77. The Morgan fingerprint density at radius 2 is 2.11 bits per heavy atom. The summed E-state index contributed by atoms with van der Waals surface area (Å²) in [7, 11) is 1.89. The molecule has 0 saturated carbocycles. The summed E-state index contributed by atoms with van der Waals surface area (Å²) in [5.41, 5.74) is 3.46. The molecule has 0 radical (unpaired) electrons. The van der Waals surface area contributed by atoms with Crippen LogP contribution in [0, 0.1) is 13.8 Å². The molecule has 0 aliphatic carbocycles. The third-order valence-corrected chi connectivity index (χ3v) is 3.01. The molecule has 1 N–H and O–H groups in total. The zero-order valence-corrected chi connectivity index (χ0v) is 11.7. The van der Waals surface area contributed by atoms with Crippen molar-refractivity contribution < 1.29 is 4.74 Å². The summed E-state index contributed by atoms with van der Waals surface area (Å²) in [5, 5.41) is 11.1. The Kier molecular flexibility index (Phi) is 4.52. The van der Waals surface area contributed by atoms with E-state index in [4.69, 9.17) is 4.74 Å². The van der Waals surface area contributed by atoms with E-state index in [-0.39, 0.29) is 0 Å². The molecule has 1 aromatic carbocycles. The molecule has 5 heteroatoms. The number of benzene rings is 1. The topological polar surface area (TPSA) is 52.0 Å². The Morgan fingerprint density at radius 3 is 2.84 bits per heavy atom. The number of rotatable bonds is 6. The first kappa shape index (κ1) is 13.5. The van der Waals surface area contributed by atoms with Crippen LogP contribution in [0.1, 0.15) is 16.8 Å². The van der Waals surface area contributed by atoms with Gasteiger partial charge in [0.25, 0.3) is 0 Å². The highest BCUT2D eigenvalue weighted by Gasteiger charge is 2.01. The molecule has 0 amide bonds. The van der Waals surface area contributed by atoms with Gasteiger partial charge < -0.3 is 10.1 Å². The molecule has 1 heterocycles. The van der Waals surface area contributed by atoms with Crippen LogP contribution in [0.15, 0.2) is 24.4 Å². The molecule has 102 valence electrons. The lowest BCUT2D eigenvalue weighted by Gasteiger charge is -2.08. The van der Waals surface area contributed by atoms with Gasteiger partial charge in [-0.25, -0.2) is 4.68 Å². The first-order valence-electron chi connectivity index (χ1n) is 6.42. The molecule has 0 atom stereocenters. The average Bonchev–Trinajstić information content (AvgIpc) is 2.82. The van der Waals surface area contributed by atoms with E-state index in [2.05, 4.69) is 41.6 Å². The van der Waals surface area contributed by atoms with Crippen molar-refractivity contribution in [2.24, 2.45) is 0 Å². The monoisotopic (exact) mass is 260 g/mol. The van der Waals surface area contributed by atoms with E-state index in [0.29, 0.717) is 13.2 Å². The van der Waals surface area contributed by atoms with E-state index < -0.39 is 0 Å². The lowest BCUT2D eigenvalue weighted by molar-refractivity contribution is 0.289. The van der Waals surface area contributed by atoms with E-state index in [0.717, 1.165) is 18.0 Å². The van der Waals surface area contributed by atoms with Crippen molar-refractivity contribution in [1.82, 2.24) is 20.3 Å². The van der Waals surface area contributed by atoms with Gasteiger partial charge in [0, 0.05) is 12.7 Å². The number of hydrogen-bond acceptors (Lipinski definition) is 4. The Morgan fingerprint density at radius 1 is 1.26 bits per heavy atom. The van der Waals surface area contributed by atoms with Crippen LogP contribution in [0.25, 0.3) is 0 Å². The van der Waals surface area contributed by atoms with Gasteiger partial charge in [-0.3, -0.25) is 0 Å². The number of aromatic nitrogens is 3. The normalized spacial score (nSPS) is 10.7. The maximum Gasteiger partial charge on any atom is 0.119 e. The largest absolute Gasteiger partial charge is 0.492 e. The molecule has 0 unspecified atom stereocenters. The first-order chi connectivity index (χ1) is 9.19. The van der Waals surface area contributed by atoms with Crippen LogP contribution in [-0.4, -0.2) is 28.6 Å². The van der Waals surface area contributed by atoms with Gasteiger partial charge in [-0.2, -0.15) is 0 Å². The van der Waals surface area contributed by atoms with E-state index in [9.17, 15) is 0 Å². The number of nitrogens with zero attached hydrogens (tertiary/aromatic N) is 3. The van der Waals surface area contributed by atoms with Gasteiger partial charge in [0.15, 0.2) is 0 Å². The number of aryl methyl sites for hydroxylation is 2. The summed E-state index contributed by atoms with van der Waals surface area (Å²) >= 11 is 0. The third-order valence-electron chi connectivity index (χ3n) is 3.01. The smallest absolute Gasteiger partial charge is 0.119 e. The van der Waals surface area contributed by atoms with Crippen molar-refractivity contribution >= 4 is 0 Å². The summed E-state index contributed by atoms with van der Waals surface area (Å²) in [6.45, 7) is 6.20. The minimum Gasteiger partial charge on any atom is -0.492 e. The van der Waals surface area contributed by atoms with Crippen LogP contribution in [0.4, 0.5) is 0 Å². The van der Waals surface area contributed by atoms with Gasteiger partial charge in [0.2, 0.25) is 0 Å². The first-order valence-corrected chi connectivity index (χ1v) is 6.42. The zero-order chi connectivity index (χ0) is 13.7. The molecule has 0 aliphatic heterocycles. The van der Waals surface area contributed by atoms with Crippen molar-refractivity contribution in [3.63, 3.8) is 0 Å². The summed E-state index contributed by atoms with van der Waals surface area (Å²) in [6.07, 6.45) is 1.93. The van der Waals surface area contributed by atoms with Crippen molar-refractivity contribution in [3.8, 4) is 5.75 Å². The Hall–Kier alpha value is -1.88. The highest BCUT2D eigenvalue weighted by atomic mass is 16.5. The molecule has 0 spiro atoms. The zero-order valence-electron chi connectivity index (χ0n) is 11.7. The second-order valence-corrected chi connectivity index (χ2v) is 4.60. The van der Waals surface area contributed by atoms with E-state index in [1.165, 1.54) is 11.1 Å². The average molecular weight is 260 g/mol. The molecule has 0 aliphatic rings. The van der Waals surface area contributed by atoms with E-state index in [1.807, 2.05) is 19.3 Å². The SMILES string of the molecule is CNCc1cn(CCOc2ccc(C)c(C)c2)nn1. The number of ether oxygens (including phenoxy) is 1. The Bertz CT molecular complexity index is 536. The second kappa shape index (κ2) is 6.33. The minimum atomic E-state index is 0.588. The molecule has 0 fully saturated rings. The predicted octanol–water partition coefficient (Wildman–Crippen LogP) is 1.69. The van der Waals surface area contributed by atoms with Crippen LogP contribution in [0.3, 0.4) is 0 Å². The Labute approximate surface area is 113 Å². The quantitative estimate of drug-likeness (QED) is 0.859. The van der Waals surface area contributed by atoms with Gasteiger partial charge in [0.05, 0.1) is 12.2 Å². The predicted molar refractivity (Wildman–Crippen MR) is 74.2 cm³/mol.